The molecule has 6 nitrogen and oxygen atoms in total. The van der Waals surface area contributed by atoms with Gasteiger partial charge in [0.2, 0.25) is 0 Å². The summed E-state index contributed by atoms with van der Waals surface area (Å²) in [6.07, 6.45) is 0.159. The number of amides is 1. The summed E-state index contributed by atoms with van der Waals surface area (Å²) in [6, 6.07) is 5.47. The Labute approximate surface area is 124 Å². The predicted octanol–water partition coefficient (Wildman–Crippen LogP) is 1.40. The number of hydrogen-bond acceptors (Lipinski definition) is 5. The average molecular weight is 295 g/mol. The SMILES string of the molecule is COC(=O)CCN(C)C(=O)COc1ccc(C)cc1OC. The van der Waals surface area contributed by atoms with Crippen molar-refractivity contribution in [3.63, 3.8) is 0 Å². The molecule has 0 saturated carbocycles. The third kappa shape index (κ3) is 5.33. The Morgan fingerprint density at radius 3 is 2.52 bits per heavy atom. The topological polar surface area (TPSA) is 65.1 Å². The molecule has 1 amide bonds. The lowest BCUT2D eigenvalue weighted by atomic mass is 10.2. The van der Waals surface area contributed by atoms with Crippen LogP contribution in [0.2, 0.25) is 0 Å². The van der Waals surface area contributed by atoms with Crippen LogP contribution in [-0.4, -0.2) is 51.2 Å². The lowest BCUT2D eigenvalue weighted by molar-refractivity contribution is -0.141. The first kappa shape index (κ1) is 16.8. The molecule has 0 aliphatic carbocycles. The van der Waals surface area contributed by atoms with Gasteiger partial charge >= 0.3 is 5.97 Å². The number of aryl methyl sites for hydroxylation is 1. The maximum atomic E-state index is 11.9. The van der Waals surface area contributed by atoms with Gasteiger partial charge in [-0.15, -0.1) is 0 Å². The van der Waals surface area contributed by atoms with E-state index in [9.17, 15) is 9.59 Å². The Balaban J connectivity index is 2.50. The highest BCUT2D eigenvalue weighted by molar-refractivity contribution is 5.78. The summed E-state index contributed by atoms with van der Waals surface area (Å²) in [5, 5.41) is 0. The Hall–Kier alpha value is -2.24. The minimum atomic E-state index is -0.351. The van der Waals surface area contributed by atoms with Crippen molar-refractivity contribution in [3.05, 3.63) is 23.8 Å². The standard InChI is InChI=1S/C15H21NO5/c1-11-5-6-12(13(9-11)19-3)21-10-14(17)16(2)8-7-15(18)20-4/h5-6,9H,7-8,10H2,1-4H3. The quantitative estimate of drug-likeness (QED) is 0.712. The van der Waals surface area contributed by atoms with Crippen LogP contribution in [0.1, 0.15) is 12.0 Å². The van der Waals surface area contributed by atoms with Gasteiger partial charge in [-0.2, -0.15) is 0 Å². The number of hydrogen-bond donors (Lipinski definition) is 0. The van der Waals surface area contributed by atoms with E-state index in [0.717, 1.165) is 5.56 Å². The van der Waals surface area contributed by atoms with E-state index in [2.05, 4.69) is 4.74 Å². The third-order valence-corrected chi connectivity index (χ3v) is 2.98. The molecule has 0 atom stereocenters. The molecule has 1 aromatic carbocycles. The molecule has 1 aromatic rings. The normalized spacial score (nSPS) is 9.90. The first-order chi connectivity index (χ1) is 9.97. The summed E-state index contributed by atoms with van der Waals surface area (Å²) in [6.45, 7) is 2.12. The lowest BCUT2D eigenvalue weighted by Crippen LogP contribution is -2.33. The van der Waals surface area contributed by atoms with Crippen molar-refractivity contribution in [2.45, 2.75) is 13.3 Å². The van der Waals surface area contributed by atoms with E-state index in [0.29, 0.717) is 18.0 Å². The number of methoxy groups -OCH3 is 2. The molecule has 0 heterocycles. The van der Waals surface area contributed by atoms with Gasteiger partial charge in [-0.3, -0.25) is 9.59 Å². The molecular weight excluding hydrogens is 274 g/mol. The summed E-state index contributed by atoms with van der Waals surface area (Å²) in [7, 11) is 4.48. The number of likely N-dealkylation sites (N-methyl/N-ethyl adjacent to an activating group) is 1. The predicted molar refractivity (Wildman–Crippen MR) is 77.5 cm³/mol. The smallest absolute Gasteiger partial charge is 0.307 e. The first-order valence-electron chi connectivity index (χ1n) is 6.56. The van der Waals surface area contributed by atoms with Crippen LogP contribution in [0.25, 0.3) is 0 Å². The Bertz CT molecular complexity index is 501. The van der Waals surface area contributed by atoms with E-state index < -0.39 is 0 Å². The van der Waals surface area contributed by atoms with Gasteiger partial charge in [-0.25, -0.2) is 0 Å². The summed E-state index contributed by atoms with van der Waals surface area (Å²) < 4.78 is 15.2. The van der Waals surface area contributed by atoms with Gasteiger partial charge in [0, 0.05) is 13.6 Å². The van der Waals surface area contributed by atoms with Crippen molar-refractivity contribution in [1.29, 1.82) is 0 Å². The van der Waals surface area contributed by atoms with Crippen molar-refractivity contribution in [1.82, 2.24) is 4.90 Å². The minimum Gasteiger partial charge on any atom is -0.493 e. The van der Waals surface area contributed by atoms with Gasteiger partial charge in [0.15, 0.2) is 18.1 Å². The van der Waals surface area contributed by atoms with Crippen LogP contribution in [0.5, 0.6) is 11.5 Å². The van der Waals surface area contributed by atoms with E-state index in [1.807, 2.05) is 19.1 Å². The van der Waals surface area contributed by atoms with Gasteiger partial charge in [0.1, 0.15) is 0 Å². The monoisotopic (exact) mass is 295 g/mol. The van der Waals surface area contributed by atoms with E-state index >= 15 is 0 Å². The molecule has 0 aromatic heterocycles. The summed E-state index contributed by atoms with van der Waals surface area (Å²) >= 11 is 0. The molecule has 0 fully saturated rings. The molecule has 0 spiro atoms. The van der Waals surface area contributed by atoms with Gasteiger partial charge in [0.05, 0.1) is 20.6 Å². The van der Waals surface area contributed by atoms with Crippen LogP contribution in [0.3, 0.4) is 0 Å². The van der Waals surface area contributed by atoms with E-state index in [4.69, 9.17) is 9.47 Å². The molecular formula is C15H21NO5. The van der Waals surface area contributed by atoms with Crippen LogP contribution in [-0.2, 0) is 14.3 Å². The number of esters is 1. The van der Waals surface area contributed by atoms with Gasteiger partial charge in [0.25, 0.3) is 5.91 Å². The van der Waals surface area contributed by atoms with E-state index in [1.165, 1.54) is 12.0 Å². The lowest BCUT2D eigenvalue weighted by Gasteiger charge is -2.17. The number of rotatable bonds is 7. The summed E-state index contributed by atoms with van der Waals surface area (Å²) in [4.78, 5) is 24.3. The van der Waals surface area contributed by atoms with Crippen molar-refractivity contribution in [2.75, 3.05) is 34.4 Å². The molecule has 0 radical (unpaired) electrons. The van der Waals surface area contributed by atoms with Crippen LogP contribution >= 0.6 is 0 Å². The van der Waals surface area contributed by atoms with Crippen LogP contribution in [0, 0.1) is 6.92 Å². The Morgan fingerprint density at radius 2 is 1.90 bits per heavy atom. The molecule has 21 heavy (non-hydrogen) atoms. The Morgan fingerprint density at radius 1 is 1.19 bits per heavy atom. The molecule has 0 unspecified atom stereocenters. The summed E-state index contributed by atoms with van der Waals surface area (Å²) in [5.74, 6) is 0.523. The second-order valence-corrected chi connectivity index (χ2v) is 4.58. The van der Waals surface area contributed by atoms with Crippen molar-refractivity contribution >= 4 is 11.9 Å². The molecule has 0 aliphatic rings. The number of benzene rings is 1. The molecule has 0 aliphatic heterocycles. The number of ether oxygens (including phenoxy) is 3. The zero-order chi connectivity index (χ0) is 15.8. The number of carbonyl (C=O) groups excluding carboxylic acids is 2. The zero-order valence-electron chi connectivity index (χ0n) is 12.8. The van der Waals surface area contributed by atoms with Crippen LogP contribution < -0.4 is 9.47 Å². The maximum Gasteiger partial charge on any atom is 0.307 e. The number of carbonyl (C=O) groups is 2. The molecule has 0 N–H and O–H groups in total. The second-order valence-electron chi connectivity index (χ2n) is 4.58. The molecule has 116 valence electrons. The first-order valence-corrected chi connectivity index (χ1v) is 6.56. The van der Waals surface area contributed by atoms with Gasteiger partial charge in [-0.1, -0.05) is 6.07 Å². The van der Waals surface area contributed by atoms with Crippen LogP contribution in [0.15, 0.2) is 18.2 Å². The molecule has 1 rings (SSSR count). The molecule has 0 bridgehead atoms. The third-order valence-electron chi connectivity index (χ3n) is 2.98. The van der Waals surface area contributed by atoms with Gasteiger partial charge in [-0.05, 0) is 24.6 Å². The van der Waals surface area contributed by atoms with E-state index in [1.54, 1.807) is 20.2 Å². The van der Waals surface area contributed by atoms with Crippen molar-refractivity contribution in [3.8, 4) is 11.5 Å². The Kier molecular flexibility index (Phi) is 6.52. The van der Waals surface area contributed by atoms with E-state index in [-0.39, 0.29) is 24.9 Å². The fourth-order valence-corrected chi connectivity index (χ4v) is 1.63. The minimum absolute atomic E-state index is 0.114. The molecule has 0 saturated heterocycles. The highest BCUT2D eigenvalue weighted by Crippen LogP contribution is 2.27. The van der Waals surface area contributed by atoms with Gasteiger partial charge < -0.3 is 19.1 Å². The molecule has 6 heteroatoms. The highest BCUT2D eigenvalue weighted by Gasteiger charge is 2.13. The second kappa shape index (κ2) is 8.14. The number of nitrogens with zero attached hydrogens (tertiary/aromatic N) is 1. The fraction of sp³-hybridized carbons (Fsp3) is 0.467. The zero-order valence-corrected chi connectivity index (χ0v) is 12.8. The fourth-order valence-electron chi connectivity index (χ4n) is 1.63. The van der Waals surface area contributed by atoms with Crippen molar-refractivity contribution < 1.29 is 23.8 Å². The highest BCUT2D eigenvalue weighted by atomic mass is 16.5. The summed E-state index contributed by atoms with van der Waals surface area (Å²) in [5.41, 5.74) is 1.04. The average Bonchev–Trinajstić information content (AvgIpc) is 2.50. The largest absolute Gasteiger partial charge is 0.493 e. The maximum absolute atomic E-state index is 11.9. The van der Waals surface area contributed by atoms with Crippen molar-refractivity contribution in [2.24, 2.45) is 0 Å². The van der Waals surface area contributed by atoms with Crippen LogP contribution in [0.4, 0.5) is 0 Å².